The van der Waals surface area contributed by atoms with Crippen molar-refractivity contribution in [1.82, 2.24) is 0 Å². The second-order valence-corrected chi connectivity index (χ2v) is 5.76. The number of hydrogen-bond donors (Lipinski definition) is 1. The zero-order valence-electron chi connectivity index (χ0n) is 11.4. The molecule has 1 atom stereocenters. The molecule has 0 amide bonds. The van der Waals surface area contributed by atoms with E-state index < -0.39 is 0 Å². The van der Waals surface area contributed by atoms with E-state index in [1.807, 2.05) is 0 Å². The lowest BCUT2D eigenvalue weighted by Crippen LogP contribution is -2.41. The van der Waals surface area contributed by atoms with Gasteiger partial charge in [0.15, 0.2) is 0 Å². The lowest BCUT2D eigenvalue weighted by molar-refractivity contribution is 0.355. The molecule has 1 N–H and O–H groups in total. The van der Waals surface area contributed by atoms with Gasteiger partial charge in [-0.25, -0.2) is 0 Å². The van der Waals surface area contributed by atoms with Crippen LogP contribution in [0.2, 0.25) is 0 Å². The van der Waals surface area contributed by atoms with Gasteiger partial charge >= 0.3 is 0 Å². The highest BCUT2D eigenvalue weighted by atomic mass is 15.0. The van der Waals surface area contributed by atoms with E-state index in [9.17, 15) is 0 Å². The second kappa shape index (κ2) is 4.56. The molecule has 0 aliphatic carbocycles. The Kier molecular flexibility index (Phi) is 3.28. The molecule has 0 aromatic heterocycles. The van der Waals surface area contributed by atoms with Gasteiger partial charge in [-0.3, -0.25) is 0 Å². The monoisotopic (exact) mass is 229 g/mol. The molecule has 1 unspecified atom stereocenters. The average Bonchev–Trinajstić information content (AvgIpc) is 2.66. The van der Waals surface area contributed by atoms with Crippen LogP contribution in [0.3, 0.4) is 0 Å². The SMILES string of the molecule is CC(C)=CCC1(C(C)C)Cc2ccccc2N1. The van der Waals surface area contributed by atoms with Gasteiger partial charge in [0.2, 0.25) is 0 Å². The van der Waals surface area contributed by atoms with Crippen LogP contribution in [0.1, 0.15) is 39.7 Å². The van der Waals surface area contributed by atoms with Crippen molar-refractivity contribution >= 4 is 5.69 Å². The standard InChI is InChI=1S/C16H23N/c1-12(2)9-10-16(13(3)4)11-14-7-5-6-8-15(14)17-16/h5-9,13,17H,10-11H2,1-4H3. The third-order valence-electron chi connectivity index (χ3n) is 3.89. The number of hydrogen-bond acceptors (Lipinski definition) is 1. The maximum Gasteiger partial charge on any atom is 0.0472 e. The fourth-order valence-corrected chi connectivity index (χ4v) is 2.54. The highest BCUT2D eigenvalue weighted by Crippen LogP contribution is 2.39. The number of anilines is 1. The fraction of sp³-hybridized carbons (Fsp3) is 0.500. The summed E-state index contributed by atoms with van der Waals surface area (Å²) >= 11 is 0. The van der Waals surface area contributed by atoms with Crippen molar-refractivity contribution < 1.29 is 0 Å². The summed E-state index contributed by atoms with van der Waals surface area (Å²) in [4.78, 5) is 0. The largest absolute Gasteiger partial charge is 0.378 e. The predicted octanol–water partition coefficient (Wildman–Crippen LogP) is 4.41. The Labute approximate surface area is 105 Å². The molecule has 2 rings (SSSR count). The van der Waals surface area contributed by atoms with E-state index in [4.69, 9.17) is 0 Å². The highest BCUT2D eigenvalue weighted by molar-refractivity contribution is 5.59. The topological polar surface area (TPSA) is 12.0 Å². The molecule has 0 bridgehead atoms. The maximum atomic E-state index is 3.76. The van der Waals surface area contributed by atoms with Gasteiger partial charge in [0, 0.05) is 11.2 Å². The highest BCUT2D eigenvalue weighted by Gasteiger charge is 2.38. The maximum absolute atomic E-state index is 3.76. The Morgan fingerprint density at radius 3 is 2.65 bits per heavy atom. The quantitative estimate of drug-likeness (QED) is 0.757. The van der Waals surface area contributed by atoms with Crippen LogP contribution >= 0.6 is 0 Å². The minimum atomic E-state index is 0.209. The van der Waals surface area contributed by atoms with Crippen molar-refractivity contribution in [3.05, 3.63) is 41.5 Å². The second-order valence-electron chi connectivity index (χ2n) is 5.76. The van der Waals surface area contributed by atoms with Gasteiger partial charge in [-0.1, -0.05) is 43.7 Å². The molecule has 17 heavy (non-hydrogen) atoms. The summed E-state index contributed by atoms with van der Waals surface area (Å²) in [6.45, 7) is 8.99. The van der Waals surface area contributed by atoms with Crippen LogP contribution in [-0.4, -0.2) is 5.54 Å². The normalized spacial score (nSPS) is 22.2. The summed E-state index contributed by atoms with van der Waals surface area (Å²) in [6.07, 6.45) is 4.62. The molecule has 1 aliphatic rings. The van der Waals surface area contributed by atoms with Gasteiger partial charge in [0.25, 0.3) is 0 Å². The molecule has 1 heterocycles. The number of nitrogens with one attached hydrogen (secondary N) is 1. The Morgan fingerprint density at radius 1 is 1.35 bits per heavy atom. The Hall–Kier alpha value is -1.24. The molecule has 1 heteroatoms. The number of allylic oxidation sites excluding steroid dienone is 1. The smallest absolute Gasteiger partial charge is 0.0472 e. The molecule has 0 fully saturated rings. The van der Waals surface area contributed by atoms with Crippen LogP contribution in [0, 0.1) is 5.92 Å². The first-order chi connectivity index (χ1) is 8.03. The fourth-order valence-electron chi connectivity index (χ4n) is 2.54. The summed E-state index contributed by atoms with van der Waals surface area (Å²) in [5.74, 6) is 0.630. The van der Waals surface area contributed by atoms with Gasteiger partial charge in [-0.05, 0) is 44.2 Å². The van der Waals surface area contributed by atoms with Gasteiger partial charge in [0.05, 0.1) is 0 Å². The summed E-state index contributed by atoms with van der Waals surface area (Å²) in [6, 6.07) is 8.69. The molecule has 1 aromatic rings. The lowest BCUT2D eigenvalue weighted by atomic mass is 9.80. The van der Waals surface area contributed by atoms with E-state index in [0.29, 0.717) is 5.92 Å². The van der Waals surface area contributed by atoms with E-state index >= 15 is 0 Å². The minimum Gasteiger partial charge on any atom is -0.378 e. The van der Waals surface area contributed by atoms with Crippen LogP contribution in [-0.2, 0) is 6.42 Å². The first kappa shape index (κ1) is 12.2. The van der Waals surface area contributed by atoms with E-state index in [2.05, 4.69) is 63.4 Å². The third kappa shape index (κ3) is 2.38. The van der Waals surface area contributed by atoms with Gasteiger partial charge < -0.3 is 5.32 Å². The minimum absolute atomic E-state index is 0.209. The number of para-hydroxylation sites is 1. The van der Waals surface area contributed by atoms with Gasteiger partial charge in [-0.15, -0.1) is 0 Å². The molecule has 0 spiro atoms. The summed E-state index contributed by atoms with van der Waals surface area (Å²) in [5, 5.41) is 3.76. The molecule has 0 saturated heterocycles. The van der Waals surface area contributed by atoms with Crippen LogP contribution in [0.15, 0.2) is 35.9 Å². The van der Waals surface area contributed by atoms with Crippen molar-refractivity contribution in [2.24, 2.45) is 5.92 Å². The zero-order chi connectivity index (χ0) is 12.5. The van der Waals surface area contributed by atoms with Crippen molar-refractivity contribution in [2.45, 2.75) is 46.1 Å². The van der Waals surface area contributed by atoms with E-state index in [1.165, 1.54) is 16.8 Å². The zero-order valence-corrected chi connectivity index (χ0v) is 11.4. The Morgan fingerprint density at radius 2 is 2.06 bits per heavy atom. The Bertz CT molecular complexity index is 400. The van der Waals surface area contributed by atoms with E-state index in [-0.39, 0.29) is 5.54 Å². The summed E-state index contributed by atoms with van der Waals surface area (Å²) in [7, 11) is 0. The molecule has 1 aliphatic heterocycles. The first-order valence-electron chi connectivity index (χ1n) is 6.53. The van der Waals surface area contributed by atoms with Crippen LogP contribution in [0.5, 0.6) is 0 Å². The molecular formula is C16H23N. The molecular weight excluding hydrogens is 206 g/mol. The molecule has 92 valence electrons. The van der Waals surface area contributed by atoms with E-state index in [1.54, 1.807) is 0 Å². The van der Waals surface area contributed by atoms with Crippen LogP contribution in [0.4, 0.5) is 5.69 Å². The van der Waals surface area contributed by atoms with Crippen molar-refractivity contribution in [1.29, 1.82) is 0 Å². The van der Waals surface area contributed by atoms with Crippen molar-refractivity contribution in [2.75, 3.05) is 5.32 Å². The number of benzene rings is 1. The van der Waals surface area contributed by atoms with Crippen molar-refractivity contribution in [3.63, 3.8) is 0 Å². The van der Waals surface area contributed by atoms with Crippen LogP contribution in [0.25, 0.3) is 0 Å². The first-order valence-corrected chi connectivity index (χ1v) is 6.53. The average molecular weight is 229 g/mol. The van der Waals surface area contributed by atoms with Gasteiger partial charge in [0.1, 0.15) is 0 Å². The molecule has 1 nitrogen and oxygen atoms in total. The summed E-state index contributed by atoms with van der Waals surface area (Å²) in [5.41, 5.74) is 4.40. The molecule has 0 radical (unpaired) electrons. The number of fused-ring (bicyclic) bond motifs is 1. The number of rotatable bonds is 3. The molecule has 0 saturated carbocycles. The van der Waals surface area contributed by atoms with E-state index in [0.717, 1.165) is 12.8 Å². The van der Waals surface area contributed by atoms with Crippen LogP contribution < -0.4 is 5.32 Å². The predicted molar refractivity (Wildman–Crippen MR) is 75.4 cm³/mol. The molecule has 1 aromatic carbocycles. The van der Waals surface area contributed by atoms with Crippen molar-refractivity contribution in [3.8, 4) is 0 Å². The summed E-state index contributed by atoms with van der Waals surface area (Å²) < 4.78 is 0. The third-order valence-corrected chi connectivity index (χ3v) is 3.89. The lowest BCUT2D eigenvalue weighted by Gasteiger charge is -2.34. The Balaban J connectivity index is 2.26. The van der Waals surface area contributed by atoms with Gasteiger partial charge in [-0.2, -0.15) is 0 Å².